The average Bonchev–Trinajstić information content (AvgIpc) is 2.89. The van der Waals surface area contributed by atoms with E-state index in [2.05, 4.69) is 0 Å². The Morgan fingerprint density at radius 2 is 2.35 bits per heavy atom. The number of hydrogen-bond acceptors (Lipinski definition) is 4. The van der Waals surface area contributed by atoms with Crippen LogP contribution in [0.5, 0.6) is 11.5 Å². The lowest BCUT2D eigenvalue weighted by molar-refractivity contribution is 0.0669. The fourth-order valence-corrected chi connectivity index (χ4v) is 1.84. The van der Waals surface area contributed by atoms with Gasteiger partial charge in [0.2, 0.25) is 0 Å². The van der Waals surface area contributed by atoms with Crippen molar-refractivity contribution in [3.05, 3.63) is 23.8 Å². The van der Waals surface area contributed by atoms with E-state index < -0.39 is 0 Å². The summed E-state index contributed by atoms with van der Waals surface area (Å²) in [5.41, 5.74) is 0.577. The fourth-order valence-electron chi connectivity index (χ4n) is 1.84. The second kappa shape index (κ2) is 5.68. The molecule has 1 aromatic carbocycles. The summed E-state index contributed by atoms with van der Waals surface area (Å²) in [6.07, 6.45) is 3.05. The second-order valence-corrected chi connectivity index (χ2v) is 3.97. The molecule has 1 saturated heterocycles. The molecule has 1 aliphatic rings. The molecule has 0 aromatic heterocycles. The molecule has 1 aromatic rings. The zero-order valence-electron chi connectivity index (χ0n) is 9.85. The van der Waals surface area contributed by atoms with E-state index in [0.717, 1.165) is 25.7 Å². The van der Waals surface area contributed by atoms with E-state index in [-0.39, 0.29) is 6.10 Å². The molecular weight excluding hydrogens is 220 g/mol. The normalized spacial score (nSPS) is 19.0. The molecule has 92 valence electrons. The maximum Gasteiger partial charge on any atom is 0.162 e. The molecule has 0 N–H and O–H groups in total. The monoisotopic (exact) mass is 236 g/mol. The summed E-state index contributed by atoms with van der Waals surface area (Å²) in [6.45, 7) is 1.30. The lowest BCUT2D eigenvalue weighted by Crippen LogP contribution is -2.16. The van der Waals surface area contributed by atoms with Crippen LogP contribution in [0.2, 0.25) is 0 Å². The Morgan fingerprint density at radius 3 is 3.00 bits per heavy atom. The Kier molecular flexibility index (Phi) is 3.98. The van der Waals surface area contributed by atoms with E-state index in [1.54, 1.807) is 25.3 Å². The molecule has 4 nitrogen and oxygen atoms in total. The summed E-state index contributed by atoms with van der Waals surface area (Å²) in [6, 6.07) is 5.11. The Labute approximate surface area is 100 Å². The maximum atomic E-state index is 10.7. The highest BCUT2D eigenvalue weighted by Crippen LogP contribution is 2.28. The van der Waals surface area contributed by atoms with Gasteiger partial charge in [0, 0.05) is 12.2 Å². The highest BCUT2D eigenvalue weighted by atomic mass is 16.5. The highest BCUT2D eigenvalue weighted by molar-refractivity contribution is 5.76. The van der Waals surface area contributed by atoms with Crippen molar-refractivity contribution in [1.82, 2.24) is 0 Å². The van der Waals surface area contributed by atoms with E-state index in [1.165, 1.54) is 0 Å². The smallest absolute Gasteiger partial charge is 0.162 e. The molecule has 0 radical (unpaired) electrons. The minimum atomic E-state index is 0.152. The van der Waals surface area contributed by atoms with Crippen LogP contribution in [0.4, 0.5) is 0 Å². The van der Waals surface area contributed by atoms with Gasteiger partial charge in [-0.1, -0.05) is 0 Å². The molecule has 0 spiro atoms. The summed E-state index contributed by atoms with van der Waals surface area (Å²) in [5, 5.41) is 0. The topological polar surface area (TPSA) is 44.8 Å². The van der Waals surface area contributed by atoms with Crippen LogP contribution in [0.15, 0.2) is 18.2 Å². The van der Waals surface area contributed by atoms with E-state index in [9.17, 15) is 4.79 Å². The zero-order chi connectivity index (χ0) is 12.1. The van der Waals surface area contributed by atoms with Crippen molar-refractivity contribution < 1.29 is 19.0 Å². The van der Waals surface area contributed by atoms with Gasteiger partial charge in [0.1, 0.15) is 12.9 Å². The first kappa shape index (κ1) is 11.9. The summed E-state index contributed by atoms with van der Waals surface area (Å²) >= 11 is 0. The molecule has 1 fully saturated rings. The average molecular weight is 236 g/mol. The van der Waals surface area contributed by atoms with Gasteiger partial charge in [-0.3, -0.25) is 4.79 Å². The number of carbonyl (C=O) groups is 1. The van der Waals surface area contributed by atoms with Gasteiger partial charge < -0.3 is 14.2 Å². The molecular formula is C13H16O4. The number of hydrogen-bond donors (Lipinski definition) is 0. The van der Waals surface area contributed by atoms with Crippen molar-refractivity contribution in [1.29, 1.82) is 0 Å². The van der Waals surface area contributed by atoms with E-state index in [4.69, 9.17) is 14.2 Å². The van der Waals surface area contributed by atoms with Gasteiger partial charge in [-0.05, 0) is 31.0 Å². The highest BCUT2D eigenvalue weighted by Gasteiger charge is 2.17. The number of ether oxygens (including phenoxy) is 3. The molecule has 17 heavy (non-hydrogen) atoms. The third kappa shape index (κ3) is 2.97. The molecule has 1 heterocycles. The first-order valence-electron chi connectivity index (χ1n) is 5.71. The summed E-state index contributed by atoms with van der Waals surface area (Å²) < 4.78 is 16.3. The Morgan fingerprint density at radius 1 is 1.47 bits per heavy atom. The maximum absolute atomic E-state index is 10.7. The Hall–Kier alpha value is -1.55. The fraction of sp³-hybridized carbons (Fsp3) is 0.462. The minimum absolute atomic E-state index is 0.152. The molecule has 0 aliphatic carbocycles. The molecule has 1 unspecified atom stereocenters. The van der Waals surface area contributed by atoms with Gasteiger partial charge in [-0.25, -0.2) is 0 Å². The summed E-state index contributed by atoms with van der Waals surface area (Å²) in [7, 11) is 1.58. The van der Waals surface area contributed by atoms with Gasteiger partial charge >= 0.3 is 0 Å². The van der Waals surface area contributed by atoms with Gasteiger partial charge in [-0.2, -0.15) is 0 Å². The van der Waals surface area contributed by atoms with Gasteiger partial charge in [-0.15, -0.1) is 0 Å². The zero-order valence-corrected chi connectivity index (χ0v) is 9.85. The molecule has 0 bridgehead atoms. The molecule has 4 heteroatoms. The van der Waals surface area contributed by atoms with Crippen LogP contribution in [0.25, 0.3) is 0 Å². The number of rotatable bonds is 5. The quantitative estimate of drug-likeness (QED) is 0.734. The summed E-state index contributed by atoms with van der Waals surface area (Å²) in [4.78, 5) is 10.7. The van der Waals surface area contributed by atoms with Crippen LogP contribution in [0.1, 0.15) is 23.2 Å². The minimum Gasteiger partial charge on any atom is -0.493 e. The Balaban J connectivity index is 2.03. The number of benzene rings is 1. The third-order valence-electron chi connectivity index (χ3n) is 2.77. The van der Waals surface area contributed by atoms with Crippen molar-refractivity contribution in [3.63, 3.8) is 0 Å². The van der Waals surface area contributed by atoms with Crippen LogP contribution in [0, 0.1) is 0 Å². The van der Waals surface area contributed by atoms with Crippen LogP contribution in [-0.2, 0) is 4.74 Å². The second-order valence-electron chi connectivity index (χ2n) is 3.97. The molecule has 1 atom stereocenters. The molecule has 0 amide bonds. The first-order chi connectivity index (χ1) is 8.33. The van der Waals surface area contributed by atoms with E-state index in [1.807, 2.05) is 0 Å². The number of methoxy groups -OCH3 is 1. The van der Waals surface area contributed by atoms with Crippen LogP contribution in [-0.4, -0.2) is 32.7 Å². The number of carbonyl (C=O) groups excluding carboxylic acids is 1. The molecule has 0 saturated carbocycles. The number of aldehydes is 1. The SMILES string of the molecule is COc1ccc(C=O)cc1OCC1CCCO1. The van der Waals surface area contributed by atoms with Crippen molar-refractivity contribution >= 4 is 6.29 Å². The van der Waals surface area contributed by atoms with E-state index >= 15 is 0 Å². The first-order valence-corrected chi connectivity index (χ1v) is 5.71. The largest absolute Gasteiger partial charge is 0.493 e. The van der Waals surface area contributed by atoms with Crippen molar-refractivity contribution in [3.8, 4) is 11.5 Å². The van der Waals surface area contributed by atoms with Crippen molar-refractivity contribution in [2.24, 2.45) is 0 Å². The van der Waals surface area contributed by atoms with Crippen molar-refractivity contribution in [2.45, 2.75) is 18.9 Å². The summed E-state index contributed by atoms with van der Waals surface area (Å²) in [5.74, 6) is 1.22. The predicted molar refractivity (Wildman–Crippen MR) is 62.9 cm³/mol. The molecule has 1 aliphatic heterocycles. The van der Waals surface area contributed by atoms with Gasteiger partial charge in [0.05, 0.1) is 13.2 Å². The van der Waals surface area contributed by atoms with Gasteiger partial charge in [0.25, 0.3) is 0 Å². The van der Waals surface area contributed by atoms with Crippen LogP contribution in [0.3, 0.4) is 0 Å². The third-order valence-corrected chi connectivity index (χ3v) is 2.77. The van der Waals surface area contributed by atoms with Gasteiger partial charge in [0.15, 0.2) is 11.5 Å². The Bertz CT molecular complexity index is 383. The lowest BCUT2D eigenvalue weighted by atomic mass is 10.2. The van der Waals surface area contributed by atoms with Crippen molar-refractivity contribution in [2.75, 3.05) is 20.3 Å². The van der Waals surface area contributed by atoms with Crippen LogP contribution >= 0.6 is 0 Å². The molecule has 2 rings (SSSR count). The van der Waals surface area contributed by atoms with Crippen LogP contribution < -0.4 is 9.47 Å². The predicted octanol–water partition coefficient (Wildman–Crippen LogP) is 2.07. The standard InChI is InChI=1S/C13H16O4/c1-15-12-5-4-10(8-14)7-13(12)17-9-11-3-2-6-16-11/h4-5,7-8,11H,2-3,6,9H2,1H3. The lowest BCUT2D eigenvalue weighted by Gasteiger charge is -2.14. The van der Waals surface area contributed by atoms with E-state index in [0.29, 0.717) is 23.7 Å².